The Hall–Kier alpha value is -2.95. The molecule has 25 heavy (non-hydrogen) atoms. The maximum atomic E-state index is 4.76. The molecule has 1 N–H and O–H groups in total. The van der Waals surface area contributed by atoms with Gasteiger partial charge in [0.2, 0.25) is 5.95 Å². The number of benzene rings is 2. The van der Waals surface area contributed by atoms with Gasteiger partial charge in [-0.1, -0.05) is 42.5 Å². The van der Waals surface area contributed by atoms with Gasteiger partial charge in [-0.25, -0.2) is 9.97 Å². The summed E-state index contributed by atoms with van der Waals surface area (Å²) in [4.78, 5) is 9.34. The van der Waals surface area contributed by atoms with E-state index in [2.05, 4.69) is 46.6 Å². The number of nitrogens with zero attached hydrogens (tertiary/aromatic N) is 4. The lowest BCUT2D eigenvalue weighted by Crippen LogP contribution is -2.19. The van der Waals surface area contributed by atoms with E-state index in [4.69, 9.17) is 4.98 Å². The SMILES string of the molecule is Cc1nc2c3ccccc3nc(NC(C)CCc3ccccc3)n2n1. The van der Waals surface area contributed by atoms with E-state index < -0.39 is 0 Å². The van der Waals surface area contributed by atoms with Crippen molar-refractivity contribution in [3.05, 3.63) is 66.0 Å². The molecule has 4 rings (SSSR count). The van der Waals surface area contributed by atoms with Gasteiger partial charge in [-0.2, -0.15) is 4.52 Å². The third-order valence-electron chi connectivity index (χ3n) is 4.37. The second kappa shape index (κ2) is 6.51. The van der Waals surface area contributed by atoms with Crippen molar-refractivity contribution in [2.45, 2.75) is 32.7 Å². The highest BCUT2D eigenvalue weighted by atomic mass is 15.4. The minimum atomic E-state index is 0.279. The lowest BCUT2D eigenvalue weighted by atomic mass is 10.1. The first-order valence-corrected chi connectivity index (χ1v) is 8.63. The van der Waals surface area contributed by atoms with Crippen LogP contribution in [-0.2, 0) is 6.42 Å². The van der Waals surface area contributed by atoms with Gasteiger partial charge >= 0.3 is 0 Å². The number of hydrogen-bond acceptors (Lipinski definition) is 4. The van der Waals surface area contributed by atoms with Gasteiger partial charge in [0, 0.05) is 11.4 Å². The van der Waals surface area contributed by atoms with E-state index in [1.54, 1.807) is 0 Å². The van der Waals surface area contributed by atoms with Gasteiger partial charge in [-0.3, -0.25) is 0 Å². The third-order valence-corrected chi connectivity index (χ3v) is 4.37. The van der Waals surface area contributed by atoms with Crippen molar-refractivity contribution >= 4 is 22.5 Å². The number of hydrogen-bond donors (Lipinski definition) is 1. The lowest BCUT2D eigenvalue weighted by Gasteiger charge is -2.15. The first-order valence-electron chi connectivity index (χ1n) is 8.63. The molecule has 4 aromatic rings. The molecule has 0 radical (unpaired) electrons. The fraction of sp³-hybridized carbons (Fsp3) is 0.250. The van der Waals surface area contributed by atoms with Crippen LogP contribution < -0.4 is 5.32 Å². The summed E-state index contributed by atoms with van der Waals surface area (Å²) in [7, 11) is 0. The minimum Gasteiger partial charge on any atom is -0.352 e. The Morgan fingerprint density at radius 3 is 2.60 bits per heavy atom. The Labute approximate surface area is 146 Å². The second-order valence-electron chi connectivity index (χ2n) is 6.42. The lowest BCUT2D eigenvalue weighted by molar-refractivity contribution is 0.693. The van der Waals surface area contributed by atoms with E-state index in [-0.39, 0.29) is 6.04 Å². The van der Waals surface area contributed by atoms with E-state index in [1.807, 2.05) is 41.8 Å². The van der Waals surface area contributed by atoms with E-state index in [1.165, 1.54) is 5.56 Å². The average Bonchev–Trinajstić information content (AvgIpc) is 3.03. The number of fused-ring (bicyclic) bond motifs is 3. The number of rotatable bonds is 5. The van der Waals surface area contributed by atoms with E-state index in [0.29, 0.717) is 0 Å². The number of nitrogens with one attached hydrogen (secondary N) is 1. The fourth-order valence-electron chi connectivity index (χ4n) is 3.07. The molecule has 0 amide bonds. The van der Waals surface area contributed by atoms with Crippen molar-refractivity contribution in [1.82, 2.24) is 19.6 Å². The van der Waals surface area contributed by atoms with Gasteiger partial charge in [0.15, 0.2) is 5.65 Å². The van der Waals surface area contributed by atoms with Crippen molar-refractivity contribution < 1.29 is 0 Å². The second-order valence-corrected chi connectivity index (χ2v) is 6.42. The van der Waals surface area contributed by atoms with Crippen molar-refractivity contribution in [2.75, 3.05) is 5.32 Å². The summed E-state index contributed by atoms with van der Waals surface area (Å²) >= 11 is 0. The Morgan fingerprint density at radius 1 is 1.00 bits per heavy atom. The van der Waals surface area contributed by atoms with Crippen molar-refractivity contribution in [3.8, 4) is 0 Å². The molecule has 0 aliphatic carbocycles. The van der Waals surface area contributed by atoms with Crippen molar-refractivity contribution in [1.29, 1.82) is 0 Å². The molecule has 2 aromatic carbocycles. The standard InChI is InChI=1S/C20H21N5/c1-14(12-13-16-8-4-3-5-9-16)21-20-23-18-11-7-6-10-17(18)19-22-15(2)24-25(19)20/h3-11,14H,12-13H2,1-2H3,(H,21,23). The Kier molecular flexibility index (Phi) is 4.06. The topological polar surface area (TPSA) is 55.1 Å². The van der Waals surface area contributed by atoms with Crippen LogP contribution in [0.5, 0.6) is 0 Å². The van der Waals surface area contributed by atoms with Crippen molar-refractivity contribution in [2.24, 2.45) is 0 Å². The van der Waals surface area contributed by atoms with Gasteiger partial charge in [-0.05, 0) is 44.4 Å². The summed E-state index contributed by atoms with van der Waals surface area (Å²) in [5, 5.41) is 9.04. The highest BCUT2D eigenvalue weighted by Crippen LogP contribution is 2.21. The Morgan fingerprint density at radius 2 is 1.76 bits per heavy atom. The van der Waals surface area contributed by atoms with Crippen LogP contribution in [0.25, 0.3) is 16.6 Å². The van der Waals surface area contributed by atoms with Gasteiger partial charge in [0.25, 0.3) is 0 Å². The zero-order valence-electron chi connectivity index (χ0n) is 14.5. The Balaban J connectivity index is 1.61. The smallest absolute Gasteiger partial charge is 0.226 e. The molecule has 1 atom stereocenters. The molecule has 2 heterocycles. The molecule has 0 fully saturated rings. The van der Waals surface area contributed by atoms with Crippen LogP contribution >= 0.6 is 0 Å². The molecule has 0 spiro atoms. The van der Waals surface area contributed by atoms with Gasteiger partial charge in [0.05, 0.1) is 5.52 Å². The van der Waals surface area contributed by atoms with Gasteiger partial charge in [0.1, 0.15) is 5.82 Å². The molecule has 2 aromatic heterocycles. The predicted molar refractivity (Wildman–Crippen MR) is 101 cm³/mol. The molecule has 1 unspecified atom stereocenters. The molecule has 0 bridgehead atoms. The van der Waals surface area contributed by atoms with Crippen LogP contribution in [-0.4, -0.2) is 25.6 Å². The molecule has 126 valence electrons. The number of aromatic nitrogens is 4. The van der Waals surface area contributed by atoms with Crippen LogP contribution in [0.4, 0.5) is 5.95 Å². The Bertz CT molecular complexity index is 1010. The first kappa shape index (κ1) is 15.6. The summed E-state index contributed by atoms with van der Waals surface area (Å²) in [6.07, 6.45) is 2.05. The summed E-state index contributed by atoms with van der Waals surface area (Å²) < 4.78 is 1.82. The molecule has 0 saturated heterocycles. The highest BCUT2D eigenvalue weighted by molar-refractivity contribution is 5.92. The maximum absolute atomic E-state index is 4.76. The van der Waals surface area contributed by atoms with Gasteiger partial charge < -0.3 is 5.32 Å². The fourth-order valence-corrected chi connectivity index (χ4v) is 3.07. The van der Waals surface area contributed by atoms with Crippen molar-refractivity contribution in [3.63, 3.8) is 0 Å². The summed E-state index contributed by atoms with van der Waals surface area (Å²) in [6, 6.07) is 18.9. The normalized spacial score (nSPS) is 12.6. The zero-order chi connectivity index (χ0) is 17.2. The van der Waals surface area contributed by atoms with E-state index >= 15 is 0 Å². The molecular formula is C20H21N5. The summed E-state index contributed by atoms with van der Waals surface area (Å²) in [5.74, 6) is 1.49. The third kappa shape index (κ3) is 3.18. The molecule has 0 aliphatic heterocycles. The van der Waals surface area contributed by atoms with E-state index in [9.17, 15) is 0 Å². The quantitative estimate of drug-likeness (QED) is 0.600. The largest absolute Gasteiger partial charge is 0.352 e. The molecule has 5 heteroatoms. The van der Waals surface area contributed by atoms with Crippen LogP contribution in [0, 0.1) is 6.92 Å². The predicted octanol–water partition coefficient (Wildman–Crippen LogP) is 4.02. The molecular weight excluding hydrogens is 310 g/mol. The molecule has 0 aliphatic rings. The maximum Gasteiger partial charge on any atom is 0.226 e. The summed E-state index contributed by atoms with van der Waals surface area (Å²) in [5.41, 5.74) is 3.13. The van der Waals surface area contributed by atoms with Crippen LogP contribution in [0.15, 0.2) is 54.6 Å². The van der Waals surface area contributed by atoms with Gasteiger partial charge in [-0.15, -0.1) is 5.10 Å². The number of anilines is 1. The average molecular weight is 331 g/mol. The number of aryl methyl sites for hydroxylation is 2. The van der Waals surface area contributed by atoms with Crippen LogP contribution in [0.1, 0.15) is 24.7 Å². The van der Waals surface area contributed by atoms with E-state index in [0.717, 1.165) is 41.2 Å². The summed E-state index contributed by atoms with van der Waals surface area (Å²) in [6.45, 7) is 4.08. The first-order chi connectivity index (χ1) is 12.2. The van der Waals surface area contributed by atoms with Crippen LogP contribution in [0.3, 0.4) is 0 Å². The minimum absolute atomic E-state index is 0.279. The molecule has 5 nitrogen and oxygen atoms in total. The molecule has 0 saturated carbocycles. The highest BCUT2D eigenvalue weighted by Gasteiger charge is 2.13. The number of para-hydroxylation sites is 1. The zero-order valence-corrected chi connectivity index (χ0v) is 14.5. The monoisotopic (exact) mass is 331 g/mol. The van der Waals surface area contributed by atoms with Crippen LogP contribution in [0.2, 0.25) is 0 Å².